The van der Waals surface area contributed by atoms with Crippen LogP contribution in [0.5, 0.6) is 0 Å². The average molecular weight is 267 g/mol. The summed E-state index contributed by atoms with van der Waals surface area (Å²) >= 11 is 0. The van der Waals surface area contributed by atoms with E-state index in [2.05, 4.69) is 4.90 Å². The minimum absolute atomic E-state index is 0.330. The molecule has 1 fully saturated rings. The Morgan fingerprint density at radius 1 is 1.39 bits per heavy atom. The fourth-order valence-electron chi connectivity index (χ4n) is 2.08. The molecule has 18 heavy (non-hydrogen) atoms. The Labute approximate surface area is 109 Å². The van der Waals surface area contributed by atoms with Gasteiger partial charge >= 0.3 is 5.97 Å². The van der Waals surface area contributed by atoms with Crippen molar-refractivity contribution in [2.75, 3.05) is 24.6 Å². The van der Waals surface area contributed by atoms with Crippen LogP contribution in [0.25, 0.3) is 0 Å². The summed E-state index contributed by atoms with van der Waals surface area (Å²) in [7, 11) is -0.653. The average Bonchev–Trinajstić information content (AvgIpc) is 2.34. The number of aromatic carboxylic acids is 1. The highest BCUT2D eigenvalue weighted by atomic mass is 32.2. The Bertz CT molecular complexity index is 477. The number of nitrogens with zero attached hydrogens (tertiary/aromatic N) is 1. The summed E-state index contributed by atoms with van der Waals surface area (Å²) in [6.07, 6.45) is 0. The van der Waals surface area contributed by atoms with Crippen molar-refractivity contribution in [2.45, 2.75) is 13.5 Å². The molecule has 98 valence electrons. The summed E-state index contributed by atoms with van der Waals surface area (Å²) in [6.45, 7) is 4.45. The Kier molecular flexibility index (Phi) is 4.14. The number of carboxylic acids is 1. The quantitative estimate of drug-likeness (QED) is 0.895. The minimum atomic E-state index is -0.891. The van der Waals surface area contributed by atoms with Gasteiger partial charge in [-0.15, -0.1) is 0 Å². The van der Waals surface area contributed by atoms with E-state index in [0.717, 1.165) is 42.3 Å². The topological polar surface area (TPSA) is 57.6 Å². The summed E-state index contributed by atoms with van der Waals surface area (Å²) in [4.78, 5) is 13.1. The summed E-state index contributed by atoms with van der Waals surface area (Å²) in [6, 6.07) is 5.23. The van der Waals surface area contributed by atoms with Crippen molar-refractivity contribution in [1.82, 2.24) is 4.90 Å². The number of hydrogen-bond donors (Lipinski definition) is 1. The maximum absolute atomic E-state index is 11.3. The standard InChI is InChI=1S/C13H17NO3S/c1-10-8-11(13(15)16)2-3-12(10)9-14-4-6-18(17)7-5-14/h2-3,8H,4-7,9H2,1H3,(H,15,16). The summed E-state index contributed by atoms with van der Waals surface area (Å²) < 4.78 is 11.3. The molecule has 0 radical (unpaired) electrons. The van der Waals surface area contributed by atoms with Crippen LogP contribution in [0.2, 0.25) is 0 Å². The second-order valence-electron chi connectivity index (χ2n) is 4.57. The van der Waals surface area contributed by atoms with Crippen LogP contribution in [0.4, 0.5) is 0 Å². The van der Waals surface area contributed by atoms with Crippen LogP contribution in [0.3, 0.4) is 0 Å². The van der Waals surface area contributed by atoms with Crippen LogP contribution in [0.1, 0.15) is 21.5 Å². The number of benzene rings is 1. The van der Waals surface area contributed by atoms with Gasteiger partial charge < -0.3 is 5.11 Å². The zero-order valence-electron chi connectivity index (χ0n) is 10.4. The fraction of sp³-hybridized carbons (Fsp3) is 0.462. The molecule has 1 aliphatic heterocycles. The maximum Gasteiger partial charge on any atom is 0.335 e. The van der Waals surface area contributed by atoms with Crippen LogP contribution in [0.15, 0.2) is 18.2 Å². The van der Waals surface area contributed by atoms with E-state index in [9.17, 15) is 9.00 Å². The highest BCUT2D eigenvalue weighted by Crippen LogP contribution is 2.15. The third-order valence-electron chi connectivity index (χ3n) is 3.25. The van der Waals surface area contributed by atoms with E-state index >= 15 is 0 Å². The van der Waals surface area contributed by atoms with Gasteiger partial charge in [0.25, 0.3) is 0 Å². The molecule has 0 bridgehead atoms. The van der Waals surface area contributed by atoms with Crippen molar-refractivity contribution in [3.05, 3.63) is 34.9 Å². The molecule has 1 heterocycles. The van der Waals surface area contributed by atoms with Crippen molar-refractivity contribution >= 4 is 16.8 Å². The Morgan fingerprint density at radius 2 is 2.06 bits per heavy atom. The molecular weight excluding hydrogens is 250 g/mol. The maximum atomic E-state index is 11.3. The first-order valence-corrected chi connectivity index (χ1v) is 7.45. The Hall–Kier alpha value is -1.20. The van der Waals surface area contributed by atoms with Crippen molar-refractivity contribution in [1.29, 1.82) is 0 Å². The zero-order chi connectivity index (χ0) is 13.1. The first kappa shape index (κ1) is 13.2. The van der Waals surface area contributed by atoms with Gasteiger partial charge in [-0.3, -0.25) is 9.11 Å². The molecule has 1 N–H and O–H groups in total. The number of rotatable bonds is 3. The third kappa shape index (κ3) is 3.17. The van der Waals surface area contributed by atoms with Crippen LogP contribution < -0.4 is 0 Å². The SMILES string of the molecule is Cc1cc(C(=O)O)ccc1CN1CCS(=O)CC1. The van der Waals surface area contributed by atoms with Crippen molar-refractivity contribution in [3.63, 3.8) is 0 Å². The molecule has 0 aliphatic carbocycles. The largest absolute Gasteiger partial charge is 0.478 e. The molecule has 0 amide bonds. The fourth-order valence-corrected chi connectivity index (χ4v) is 3.21. The molecule has 0 atom stereocenters. The molecule has 1 saturated heterocycles. The van der Waals surface area contributed by atoms with Gasteiger partial charge in [0.15, 0.2) is 0 Å². The molecule has 0 unspecified atom stereocenters. The molecule has 2 rings (SSSR count). The molecule has 4 nitrogen and oxygen atoms in total. The smallest absolute Gasteiger partial charge is 0.335 e. The first-order chi connectivity index (χ1) is 8.56. The second-order valence-corrected chi connectivity index (χ2v) is 6.27. The lowest BCUT2D eigenvalue weighted by Gasteiger charge is -2.26. The van der Waals surface area contributed by atoms with Gasteiger partial charge in [-0.2, -0.15) is 0 Å². The van der Waals surface area contributed by atoms with Gasteiger partial charge in [-0.05, 0) is 30.2 Å². The van der Waals surface area contributed by atoms with E-state index in [1.54, 1.807) is 12.1 Å². The van der Waals surface area contributed by atoms with Gasteiger partial charge in [0.05, 0.1) is 5.56 Å². The predicted molar refractivity (Wildman–Crippen MR) is 71.3 cm³/mol. The minimum Gasteiger partial charge on any atom is -0.478 e. The van der Waals surface area contributed by atoms with Gasteiger partial charge in [-0.1, -0.05) is 6.07 Å². The zero-order valence-corrected chi connectivity index (χ0v) is 11.2. The molecular formula is C13H17NO3S. The normalized spacial score (nSPS) is 17.8. The molecule has 1 aromatic rings. The number of hydrogen-bond acceptors (Lipinski definition) is 3. The lowest BCUT2D eigenvalue weighted by molar-refractivity contribution is 0.0696. The molecule has 0 spiro atoms. The Balaban J connectivity index is 2.05. The summed E-state index contributed by atoms with van der Waals surface area (Å²) in [5.74, 6) is 0.594. The van der Waals surface area contributed by atoms with E-state index in [4.69, 9.17) is 5.11 Å². The van der Waals surface area contributed by atoms with E-state index in [0.29, 0.717) is 5.56 Å². The van der Waals surface area contributed by atoms with Gasteiger partial charge in [0.1, 0.15) is 0 Å². The van der Waals surface area contributed by atoms with E-state index in [1.165, 1.54) is 0 Å². The highest BCUT2D eigenvalue weighted by Gasteiger charge is 2.16. The third-order valence-corrected chi connectivity index (χ3v) is 4.53. The van der Waals surface area contributed by atoms with Crippen molar-refractivity contribution in [2.24, 2.45) is 0 Å². The van der Waals surface area contributed by atoms with Crippen LogP contribution in [-0.2, 0) is 17.3 Å². The first-order valence-electron chi connectivity index (χ1n) is 5.96. The second kappa shape index (κ2) is 5.63. The van der Waals surface area contributed by atoms with Crippen LogP contribution in [0, 0.1) is 6.92 Å². The lowest BCUT2D eigenvalue weighted by atomic mass is 10.0. The van der Waals surface area contributed by atoms with Gasteiger partial charge in [-0.25, -0.2) is 4.79 Å². The summed E-state index contributed by atoms with van der Waals surface area (Å²) in [5.41, 5.74) is 2.48. The monoisotopic (exact) mass is 267 g/mol. The molecule has 5 heteroatoms. The van der Waals surface area contributed by atoms with E-state index < -0.39 is 16.8 Å². The van der Waals surface area contributed by atoms with Crippen LogP contribution in [-0.4, -0.2) is 44.8 Å². The number of carbonyl (C=O) groups is 1. The Morgan fingerprint density at radius 3 is 2.61 bits per heavy atom. The highest BCUT2D eigenvalue weighted by molar-refractivity contribution is 7.85. The summed E-state index contributed by atoms with van der Waals surface area (Å²) in [5, 5.41) is 8.91. The molecule has 0 aromatic heterocycles. The van der Waals surface area contributed by atoms with E-state index in [-0.39, 0.29) is 0 Å². The van der Waals surface area contributed by atoms with Gasteiger partial charge in [0, 0.05) is 41.9 Å². The van der Waals surface area contributed by atoms with E-state index in [1.807, 2.05) is 13.0 Å². The van der Waals surface area contributed by atoms with Gasteiger partial charge in [0.2, 0.25) is 0 Å². The molecule has 0 saturated carbocycles. The lowest BCUT2D eigenvalue weighted by Crippen LogP contribution is -2.37. The molecule has 1 aliphatic rings. The van der Waals surface area contributed by atoms with Crippen molar-refractivity contribution in [3.8, 4) is 0 Å². The number of carboxylic acid groups (broad SMARTS) is 1. The van der Waals surface area contributed by atoms with Crippen LogP contribution >= 0.6 is 0 Å². The predicted octanol–water partition coefficient (Wildman–Crippen LogP) is 1.26. The van der Waals surface area contributed by atoms with Crippen molar-refractivity contribution < 1.29 is 14.1 Å². The molecule has 1 aromatic carbocycles. The number of aryl methyl sites for hydroxylation is 1.